The van der Waals surface area contributed by atoms with Crippen molar-refractivity contribution in [2.45, 2.75) is 19.3 Å². The fourth-order valence-electron chi connectivity index (χ4n) is 3.48. The van der Waals surface area contributed by atoms with Crippen molar-refractivity contribution < 1.29 is 4.73 Å². The molecule has 0 fully saturated rings. The molecule has 4 rings (SSSR count). The Morgan fingerprint density at radius 1 is 1.26 bits per heavy atom. The van der Waals surface area contributed by atoms with E-state index in [-0.39, 0.29) is 0 Å². The minimum atomic E-state index is 0.815. The third-order valence-corrected chi connectivity index (χ3v) is 5.10. The van der Waals surface area contributed by atoms with Crippen molar-refractivity contribution in [1.29, 1.82) is 0 Å². The molecule has 2 N–H and O–H groups in total. The van der Waals surface area contributed by atoms with E-state index in [2.05, 4.69) is 40.6 Å². The molecular weight excluding hydrogens is 338 g/mol. The van der Waals surface area contributed by atoms with E-state index in [0.717, 1.165) is 60.5 Å². The average Bonchev–Trinajstić information content (AvgIpc) is 3.10. The Hall–Kier alpha value is -2.86. The number of nitrogens with one attached hydrogen (secondary N) is 2. The normalized spacial score (nSPS) is 15.1. The van der Waals surface area contributed by atoms with Crippen LogP contribution in [0.25, 0.3) is 16.6 Å². The Bertz CT molecular complexity index is 945. The number of H-pyrrole nitrogens is 1. The van der Waals surface area contributed by atoms with Crippen LogP contribution in [0, 0.1) is 5.21 Å². The van der Waals surface area contributed by atoms with Crippen molar-refractivity contribution in [2.24, 2.45) is 0 Å². The van der Waals surface area contributed by atoms with Gasteiger partial charge in [-0.05, 0) is 49.6 Å². The Morgan fingerprint density at radius 2 is 2.11 bits per heavy atom. The Balaban J connectivity index is 1.40. The van der Waals surface area contributed by atoms with Gasteiger partial charge in [-0.1, -0.05) is 6.08 Å². The van der Waals surface area contributed by atoms with E-state index in [1.54, 1.807) is 12.4 Å². The molecule has 0 spiro atoms. The zero-order valence-electron chi connectivity index (χ0n) is 15.6. The number of hydrogen-bond donors (Lipinski definition) is 2. The summed E-state index contributed by atoms with van der Waals surface area (Å²) in [5.41, 5.74) is 5.89. The summed E-state index contributed by atoms with van der Waals surface area (Å²) in [5.74, 6) is 0.905. The lowest BCUT2D eigenvalue weighted by Crippen LogP contribution is -2.23. The number of nitrogens with zero attached hydrogens (tertiary/aromatic N) is 3. The minimum absolute atomic E-state index is 0.815. The fraction of sp³-hybridized carbons (Fsp3) is 0.333. The molecule has 1 aliphatic rings. The second-order valence-corrected chi connectivity index (χ2v) is 7.13. The molecule has 0 atom stereocenters. The van der Waals surface area contributed by atoms with Crippen LogP contribution in [0.5, 0.6) is 0 Å². The molecule has 6 nitrogen and oxygen atoms in total. The highest BCUT2D eigenvalue weighted by Gasteiger charge is 2.14. The van der Waals surface area contributed by atoms with Crippen molar-refractivity contribution in [3.05, 3.63) is 65.3 Å². The van der Waals surface area contributed by atoms with Crippen LogP contribution in [0.4, 0.5) is 5.82 Å². The van der Waals surface area contributed by atoms with Gasteiger partial charge in [0.15, 0.2) is 12.4 Å². The lowest BCUT2D eigenvalue weighted by atomic mass is 10.0. The number of fused-ring (bicyclic) bond motifs is 1. The highest BCUT2D eigenvalue weighted by molar-refractivity contribution is 5.90. The van der Waals surface area contributed by atoms with Crippen LogP contribution >= 0.6 is 0 Å². The summed E-state index contributed by atoms with van der Waals surface area (Å²) in [6.45, 7) is 2.92. The van der Waals surface area contributed by atoms with Gasteiger partial charge in [0.1, 0.15) is 5.82 Å². The summed E-state index contributed by atoms with van der Waals surface area (Å²) in [6, 6.07) is 7.86. The number of hydrogen-bond acceptors (Lipinski definition) is 4. The zero-order valence-corrected chi connectivity index (χ0v) is 15.6. The highest BCUT2D eigenvalue weighted by atomic mass is 16.5. The maximum absolute atomic E-state index is 11.1. The predicted octanol–water partition coefficient (Wildman–Crippen LogP) is 2.96. The molecular formula is C21H25N5O. The Labute approximate surface area is 159 Å². The first-order valence-corrected chi connectivity index (χ1v) is 9.47. The maximum Gasteiger partial charge on any atom is 0.180 e. The third-order valence-electron chi connectivity index (χ3n) is 5.10. The summed E-state index contributed by atoms with van der Waals surface area (Å²) in [5, 5.41) is 14.5. The topological polar surface area (TPSA) is 70.9 Å². The van der Waals surface area contributed by atoms with Crippen molar-refractivity contribution in [1.82, 2.24) is 14.9 Å². The Morgan fingerprint density at radius 3 is 2.89 bits per heavy atom. The van der Waals surface area contributed by atoms with Crippen molar-refractivity contribution in [3.63, 3.8) is 0 Å². The monoisotopic (exact) mass is 363 g/mol. The largest absolute Gasteiger partial charge is 0.619 e. The lowest BCUT2D eigenvalue weighted by Gasteiger charge is -2.21. The fourth-order valence-corrected chi connectivity index (χ4v) is 3.48. The first kappa shape index (κ1) is 17.5. The molecule has 3 aromatic heterocycles. The van der Waals surface area contributed by atoms with Crippen LogP contribution in [0.1, 0.15) is 24.0 Å². The van der Waals surface area contributed by atoms with Gasteiger partial charge in [-0.25, -0.2) is 4.98 Å². The smallest absolute Gasteiger partial charge is 0.180 e. The molecule has 27 heavy (non-hydrogen) atoms. The first-order chi connectivity index (χ1) is 13.2. The van der Waals surface area contributed by atoms with Gasteiger partial charge in [0.25, 0.3) is 0 Å². The molecule has 3 aromatic rings. The molecule has 0 bridgehead atoms. The van der Waals surface area contributed by atoms with Crippen LogP contribution in [0.15, 0.2) is 48.9 Å². The van der Waals surface area contributed by atoms with E-state index < -0.39 is 0 Å². The van der Waals surface area contributed by atoms with Crippen LogP contribution < -0.4 is 10.0 Å². The molecule has 0 unspecified atom stereocenters. The van der Waals surface area contributed by atoms with Gasteiger partial charge in [0.05, 0.1) is 11.0 Å². The number of anilines is 1. The second kappa shape index (κ2) is 7.80. The van der Waals surface area contributed by atoms with Crippen LogP contribution in [-0.2, 0) is 6.42 Å². The molecule has 0 saturated heterocycles. The standard InChI is InChI=1S/C21H25N5O/c1-25-11-8-17(9-12-25)18-15-23-19-4-5-20(24-21(18)19)22-10-2-3-16-6-13-26(27)14-7-16/h4-8,13-15,23H,2-3,9-12H2,1H3,(H,22,24). The molecule has 0 amide bonds. The molecule has 6 heteroatoms. The van der Waals surface area contributed by atoms with E-state index in [4.69, 9.17) is 4.98 Å². The summed E-state index contributed by atoms with van der Waals surface area (Å²) >= 11 is 0. The van der Waals surface area contributed by atoms with Gasteiger partial charge in [-0.3, -0.25) is 0 Å². The minimum Gasteiger partial charge on any atom is -0.619 e. The molecule has 0 radical (unpaired) electrons. The summed E-state index contributed by atoms with van der Waals surface area (Å²) in [7, 11) is 2.15. The van der Waals surface area contributed by atoms with Crippen LogP contribution in [0.3, 0.4) is 0 Å². The first-order valence-electron chi connectivity index (χ1n) is 9.47. The van der Waals surface area contributed by atoms with Gasteiger partial charge in [-0.2, -0.15) is 4.73 Å². The molecule has 0 saturated carbocycles. The van der Waals surface area contributed by atoms with Gasteiger partial charge < -0.3 is 20.4 Å². The quantitative estimate of drug-likeness (QED) is 0.401. The number of rotatable bonds is 6. The Kier molecular flexibility index (Phi) is 5.07. The van der Waals surface area contributed by atoms with Crippen molar-refractivity contribution in [2.75, 3.05) is 32.0 Å². The van der Waals surface area contributed by atoms with Gasteiger partial charge >= 0.3 is 0 Å². The van der Waals surface area contributed by atoms with E-state index in [9.17, 15) is 5.21 Å². The molecule has 1 aliphatic heterocycles. The number of aromatic nitrogens is 3. The number of aryl methyl sites for hydroxylation is 1. The highest BCUT2D eigenvalue weighted by Crippen LogP contribution is 2.28. The van der Waals surface area contributed by atoms with E-state index in [0.29, 0.717) is 0 Å². The number of aromatic amines is 1. The summed E-state index contributed by atoms with van der Waals surface area (Å²) in [4.78, 5) is 10.5. The van der Waals surface area contributed by atoms with Crippen molar-refractivity contribution in [3.8, 4) is 0 Å². The van der Waals surface area contributed by atoms with Crippen LogP contribution in [0.2, 0.25) is 0 Å². The number of likely N-dealkylation sites (N-methyl/N-ethyl adjacent to an activating group) is 1. The van der Waals surface area contributed by atoms with Gasteiger partial charge in [-0.15, -0.1) is 0 Å². The van der Waals surface area contributed by atoms with Gasteiger partial charge in [0.2, 0.25) is 0 Å². The van der Waals surface area contributed by atoms with Crippen molar-refractivity contribution >= 4 is 22.4 Å². The van der Waals surface area contributed by atoms with Gasteiger partial charge in [0, 0.05) is 43.5 Å². The van der Waals surface area contributed by atoms with E-state index in [1.807, 2.05) is 18.2 Å². The third kappa shape index (κ3) is 4.11. The predicted molar refractivity (Wildman–Crippen MR) is 108 cm³/mol. The molecule has 140 valence electrons. The van der Waals surface area contributed by atoms with E-state index in [1.165, 1.54) is 16.7 Å². The van der Waals surface area contributed by atoms with Crippen LogP contribution in [-0.4, -0.2) is 41.5 Å². The second-order valence-electron chi connectivity index (χ2n) is 7.13. The molecule has 0 aromatic carbocycles. The summed E-state index contributed by atoms with van der Waals surface area (Å²) in [6.07, 6.45) is 10.5. The average molecular weight is 363 g/mol. The SMILES string of the molecule is CN1CC=C(c2c[nH]c3ccc(NCCCc4cc[n+]([O-])cc4)nc23)CC1. The number of pyridine rings is 2. The lowest BCUT2D eigenvalue weighted by molar-refractivity contribution is -0.605. The van der Waals surface area contributed by atoms with E-state index >= 15 is 0 Å². The maximum atomic E-state index is 11.1. The summed E-state index contributed by atoms with van der Waals surface area (Å²) < 4.78 is 0.815. The zero-order chi connectivity index (χ0) is 18.6. The molecule has 4 heterocycles. The molecule has 0 aliphatic carbocycles.